The fraction of sp³-hybridized carbons (Fsp3) is 0.538. The summed E-state index contributed by atoms with van der Waals surface area (Å²) in [4.78, 5) is 0. The zero-order valence-electron chi connectivity index (χ0n) is 10.8. The van der Waals surface area contributed by atoms with E-state index in [-0.39, 0.29) is 6.61 Å². The van der Waals surface area contributed by atoms with Crippen LogP contribution in [0.4, 0.5) is 10.1 Å². The lowest BCUT2D eigenvalue weighted by Crippen LogP contribution is -2.51. The fourth-order valence-electron chi connectivity index (χ4n) is 2.88. The minimum absolute atomic E-state index is 0.290. The Morgan fingerprint density at radius 3 is 2.84 bits per heavy atom. The Kier molecular flexibility index (Phi) is 3.82. The lowest BCUT2D eigenvalue weighted by Gasteiger charge is -2.34. The summed E-state index contributed by atoms with van der Waals surface area (Å²) in [6.07, 6.45) is 2.97. The van der Waals surface area contributed by atoms with Gasteiger partial charge in [0.15, 0.2) is 9.84 Å². The molecule has 1 aliphatic carbocycles. The van der Waals surface area contributed by atoms with E-state index < -0.39 is 26.4 Å². The number of anilines is 1. The third-order valence-electron chi connectivity index (χ3n) is 3.72. The van der Waals surface area contributed by atoms with Crippen LogP contribution in [-0.4, -0.2) is 37.2 Å². The smallest absolute Gasteiger partial charge is 0.152 e. The van der Waals surface area contributed by atoms with Crippen molar-refractivity contribution in [3.05, 3.63) is 30.1 Å². The van der Waals surface area contributed by atoms with E-state index in [9.17, 15) is 17.9 Å². The zero-order valence-corrected chi connectivity index (χ0v) is 11.6. The lowest BCUT2D eigenvalue weighted by molar-refractivity contribution is 0.215. The van der Waals surface area contributed by atoms with Crippen molar-refractivity contribution >= 4 is 15.5 Å². The predicted octanol–water partition coefficient (Wildman–Crippen LogP) is 1.57. The van der Waals surface area contributed by atoms with Gasteiger partial charge in [0.25, 0.3) is 0 Å². The van der Waals surface area contributed by atoms with E-state index in [1.165, 1.54) is 18.4 Å². The van der Waals surface area contributed by atoms with Crippen LogP contribution in [-0.2, 0) is 9.84 Å². The molecule has 0 spiro atoms. The Morgan fingerprint density at radius 1 is 1.53 bits per heavy atom. The normalized spacial score (nSPS) is 27.4. The van der Waals surface area contributed by atoms with Crippen molar-refractivity contribution in [2.45, 2.75) is 30.1 Å². The van der Waals surface area contributed by atoms with Crippen molar-refractivity contribution < 1.29 is 17.9 Å². The van der Waals surface area contributed by atoms with Gasteiger partial charge in [-0.2, -0.15) is 0 Å². The van der Waals surface area contributed by atoms with E-state index in [0.717, 1.165) is 6.42 Å². The maximum absolute atomic E-state index is 13.2. The average molecular weight is 287 g/mol. The van der Waals surface area contributed by atoms with Gasteiger partial charge in [0.2, 0.25) is 0 Å². The first kappa shape index (κ1) is 14.3. The second-order valence-electron chi connectivity index (χ2n) is 5.16. The summed E-state index contributed by atoms with van der Waals surface area (Å²) in [7, 11) is -3.27. The fourth-order valence-corrected chi connectivity index (χ4v) is 4.55. The van der Waals surface area contributed by atoms with Crippen molar-refractivity contribution in [2.75, 3.05) is 18.2 Å². The number of hydrogen-bond donors (Lipinski definition) is 2. The number of nitrogens with one attached hydrogen (secondary N) is 1. The number of hydrogen-bond acceptors (Lipinski definition) is 4. The van der Waals surface area contributed by atoms with Gasteiger partial charge in [0.05, 0.1) is 17.4 Å². The van der Waals surface area contributed by atoms with Gasteiger partial charge in [-0.05, 0) is 37.5 Å². The van der Waals surface area contributed by atoms with Gasteiger partial charge in [0.1, 0.15) is 5.82 Å². The van der Waals surface area contributed by atoms with Crippen LogP contribution in [0.5, 0.6) is 0 Å². The van der Waals surface area contributed by atoms with E-state index in [0.29, 0.717) is 18.5 Å². The summed E-state index contributed by atoms with van der Waals surface area (Å²) in [5.74, 6) is -0.396. The molecule has 0 aliphatic heterocycles. The second kappa shape index (κ2) is 5.09. The molecule has 1 fully saturated rings. The molecule has 0 bridgehead atoms. The molecule has 4 nitrogen and oxygen atoms in total. The Balaban J connectivity index is 2.33. The van der Waals surface area contributed by atoms with Gasteiger partial charge in [0, 0.05) is 11.9 Å². The molecule has 2 atom stereocenters. The highest BCUT2D eigenvalue weighted by Crippen LogP contribution is 2.37. The largest absolute Gasteiger partial charge is 0.394 e. The first-order valence-electron chi connectivity index (χ1n) is 6.21. The molecule has 0 radical (unpaired) electrons. The molecule has 2 N–H and O–H groups in total. The van der Waals surface area contributed by atoms with E-state index in [4.69, 9.17) is 0 Å². The number of aliphatic hydroxyl groups excluding tert-OH is 1. The number of halogens is 1. The van der Waals surface area contributed by atoms with Gasteiger partial charge >= 0.3 is 0 Å². The highest BCUT2D eigenvalue weighted by atomic mass is 32.2. The summed E-state index contributed by atoms with van der Waals surface area (Å²) >= 11 is 0. The van der Waals surface area contributed by atoms with Gasteiger partial charge in [-0.25, -0.2) is 12.8 Å². The number of aliphatic hydroxyl groups is 1. The molecule has 2 rings (SSSR count). The number of sulfone groups is 1. The number of rotatable bonds is 4. The highest BCUT2D eigenvalue weighted by molar-refractivity contribution is 7.91. The lowest BCUT2D eigenvalue weighted by atomic mass is 9.98. The molecule has 106 valence electrons. The molecular formula is C13H18FNO3S. The van der Waals surface area contributed by atoms with Crippen molar-refractivity contribution in [1.82, 2.24) is 0 Å². The molecule has 0 aromatic heterocycles. The third-order valence-corrected chi connectivity index (χ3v) is 5.44. The maximum Gasteiger partial charge on any atom is 0.152 e. The van der Waals surface area contributed by atoms with Crippen molar-refractivity contribution in [3.8, 4) is 0 Å². The molecule has 19 heavy (non-hydrogen) atoms. The molecule has 1 saturated carbocycles. The van der Waals surface area contributed by atoms with Gasteiger partial charge in [-0.15, -0.1) is 0 Å². The molecule has 1 aromatic rings. The van der Waals surface area contributed by atoms with Crippen LogP contribution in [0.15, 0.2) is 24.3 Å². The molecule has 0 saturated heterocycles. The SMILES string of the molecule is CS(=O)(=O)C1CCCC1(CO)Nc1cccc(F)c1. The molecule has 6 heteroatoms. The van der Waals surface area contributed by atoms with Crippen molar-refractivity contribution in [1.29, 1.82) is 0 Å². The zero-order chi connectivity index (χ0) is 14.1. The Morgan fingerprint density at radius 2 is 2.26 bits per heavy atom. The Labute approximate surface area is 112 Å². The topological polar surface area (TPSA) is 66.4 Å². The van der Waals surface area contributed by atoms with Crippen molar-refractivity contribution in [2.24, 2.45) is 0 Å². The quantitative estimate of drug-likeness (QED) is 0.882. The van der Waals surface area contributed by atoms with E-state index in [2.05, 4.69) is 5.32 Å². The van der Waals surface area contributed by atoms with E-state index >= 15 is 0 Å². The van der Waals surface area contributed by atoms with Crippen LogP contribution >= 0.6 is 0 Å². The third kappa shape index (κ3) is 2.90. The Hall–Kier alpha value is -1.14. The molecule has 1 aliphatic rings. The van der Waals surface area contributed by atoms with Crippen LogP contribution < -0.4 is 5.32 Å². The van der Waals surface area contributed by atoms with Crippen LogP contribution in [0.25, 0.3) is 0 Å². The Bertz CT molecular complexity index is 561. The standard InChI is InChI=1S/C13H18FNO3S/c1-19(17,18)12-6-3-7-13(12,9-16)15-11-5-2-4-10(14)8-11/h2,4-5,8,12,15-16H,3,6-7,9H2,1H3. The average Bonchev–Trinajstić information content (AvgIpc) is 2.73. The highest BCUT2D eigenvalue weighted by Gasteiger charge is 2.47. The van der Waals surface area contributed by atoms with Crippen LogP contribution in [0.2, 0.25) is 0 Å². The van der Waals surface area contributed by atoms with Crippen LogP contribution in [0.3, 0.4) is 0 Å². The minimum atomic E-state index is -3.27. The van der Waals surface area contributed by atoms with Crippen LogP contribution in [0.1, 0.15) is 19.3 Å². The second-order valence-corrected chi connectivity index (χ2v) is 7.39. The van der Waals surface area contributed by atoms with Crippen LogP contribution in [0, 0.1) is 5.82 Å². The minimum Gasteiger partial charge on any atom is -0.394 e. The molecule has 0 amide bonds. The maximum atomic E-state index is 13.2. The molecule has 1 aromatic carbocycles. The summed E-state index contributed by atoms with van der Waals surface area (Å²) < 4.78 is 36.9. The number of benzene rings is 1. The van der Waals surface area contributed by atoms with Crippen molar-refractivity contribution in [3.63, 3.8) is 0 Å². The predicted molar refractivity (Wildman–Crippen MR) is 72.3 cm³/mol. The monoisotopic (exact) mass is 287 g/mol. The first-order valence-corrected chi connectivity index (χ1v) is 8.16. The van der Waals surface area contributed by atoms with Gasteiger partial charge in [-0.1, -0.05) is 6.07 Å². The van der Waals surface area contributed by atoms with Gasteiger partial charge in [-0.3, -0.25) is 0 Å². The van der Waals surface area contributed by atoms with E-state index in [1.807, 2.05) is 0 Å². The summed E-state index contributed by atoms with van der Waals surface area (Å²) in [6.45, 7) is -0.290. The summed E-state index contributed by atoms with van der Waals surface area (Å²) in [6, 6.07) is 5.83. The first-order chi connectivity index (χ1) is 8.87. The summed E-state index contributed by atoms with van der Waals surface area (Å²) in [5, 5.41) is 12.0. The summed E-state index contributed by atoms with van der Waals surface area (Å²) in [5.41, 5.74) is -0.425. The molecule has 0 heterocycles. The van der Waals surface area contributed by atoms with E-state index in [1.54, 1.807) is 12.1 Å². The van der Waals surface area contributed by atoms with Gasteiger partial charge < -0.3 is 10.4 Å². The molecule has 2 unspecified atom stereocenters. The molecular weight excluding hydrogens is 269 g/mol.